The first-order chi connectivity index (χ1) is 30.5. The molecule has 0 fully saturated rings. The van der Waals surface area contributed by atoms with Crippen molar-refractivity contribution in [1.82, 2.24) is 5.32 Å². The monoisotopic (exact) mass is 913 g/mol. The highest BCUT2D eigenvalue weighted by Gasteiger charge is 2.23. The number of nitrogens with zero attached hydrogens (tertiary/aromatic N) is 1. The third-order valence-electron chi connectivity index (χ3n) is 12.7. The van der Waals surface area contributed by atoms with Gasteiger partial charge in [-0.3, -0.25) is 9.36 Å². The van der Waals surface area contributed by atoms with E-state index in [1.165, 1.54) is 218 Å². The predicted molar refractivity (Wildman–Crippen MR) is 270 cm³/mol. The Hall–Kier alpha value is -0.760. The SMILES string of the molecule is CCCCCCCCCCCCCCCCCCCC/C=C/C(O)C(COP(=O)([O-])OCC[N+](C)(C)C)NC(=O)CCCCCCCCCCCCCCCCCCCCCCC. The summed E-state index contributed by atoms with van der Waals surface area (Å²) in [6.07, 6.45) is 55.6. The molecule has 0 aliphatic rings. The number of allylic oxidation sites excluding steroid dienone is 1. The van der Waals surface area contributed by atoms with E-state index in [0.29, 0.717) is 17.4 Å². The summed E-state index contributed by atoms with van der Waals surface area (Å²) < 4.78 is 23.3. The number of carbonyl (C=O) groups is 1. The Morgan fingerprint density at radius 3 is 1.19 bits per heavy atom. The maximum absolute atomic E-state index is 12.9. The van der Waals surface area contributed by atoms with Gasteiger partial charge in [0.2, 0.25) is 5.91 Å². The zero-order valence-corrected chi connectivity index (χ0v) is 43.7. The topological polar surface area (TPSA) is 108 Å². The molecule has 8 nitrogen and oxygen atoms in total. The summed E-state index contributed by atoms with van der Waals surface area (Å²) in [4.78, 5) is 25.5. The lowest BCUT2D eigenvalue weighted by Crippen LogP contribution is -2.45. The standard InChI is InChI=1S/C54H109N2O6P/c1-6-8-10-12-14-16-18-20-22-24-26-28-30-32-34-36-38-40-42-44-46-48-54(58)55-52(51-62-63(59,60)61-50-49-56(3,4)5)53(57)47-45-43-41-39-37-35-33-31-29-27-25-23-21-19-17-15-13-11-9-7-2/h45,47,52-53,57H,6-44,46,48-51H2,1-5H3,(H-,55,58,59,60)/b47-45+. The highest BCUT2D eigenvalue weighted by Crippen LogP contribution is 2.38. The van der Waals surface area contributed by atoms with Crippen LogP contribution in [-0.4, -0.2) is 68.5 Å². The van der Waals surface area contributed by atoms with Gasteiger partial charge >= 0.3 is 0 Å². The van der Waals surface area contributed by atoms with Crippen molar-refractivity contribution in [3.8, 4) is 0 Å². The van der Waals surface area contributed by atoms with Crippen LogP contribution in [0.1, 0.15) is 277 Å². The first-order valence-electron chi connectivity index (χ1n) is 27.6. The molecule has 0 saturated carbocycles. The Bertz CT molecular complexity index is 1040. The molecule has 0 radical (unpaired) electrons. The number of likely N-dealkylation sites (N-methyl/N-ethyl adjacent to an activating group) is 1. The van der Waals surface area contributed by atoms with Crippen LogP contribution in [0, 0.1) is 0 Å². The van der Waals surface area contributed by atoms with Crippen LogP contribution in [0.5, 0.6) is 0 Å². The third kappa shape index (κ3) is 49.0. The Labute approximate surface area is 392 Å². The average molecular weight is 913 g/mol. The molecule has 2 N–H and O–H groups in total. The summed E-state index contributed by atoms with van der Waals surface area (Å²) in [5, 5.41) is 13.9. The molecule has 376 valence electrons. The van der Waals surface area contributed by atoms with Crippen LogP contribution in [0.25, 0.3) is 0 Å². The molecule has 0 bridgehead atoms. The van der Waals surface area contributed by atoms with Crippen molar-refractivity contribution in [1.29, 1.82) is 0 Å². The van der Waals surface area contributed by atoms with Crippen molar-refractivity contribution in [3.63, 3.8) is 0 Å². The van der Waals surface area contributed by atoms with E-state index in [-0.39, 0.29) is 19.1 Å². The Morgan fingerprint density at radius 1 is 0.540 bits per heavy atom. The van der Waals surface area contributed by atoms with Crippen molar-refractivity contribution in [2.24, 2.45) is 0 Å². The Balaban J connectivity index is 4.22. The zero-order chi connectivity index (χ0) is 46.4. The zero-order valence-electron chi connectivity index (χ0n) is 42.8. The van der Waals surface area contributed by atoms with E-state index >= 15 is 0 Å². The fraction of sp³-hybridized carbons (Fsp3) is 0.944. The molecule has 0 aromatic heterocycles. The van der Waals surface area contributed by atoms with Gasteiger partial charge in [0.15, 0.2) is 0 Å². The highest BCUT2D eigenvalue weighted by molar-refractivity contribution is 7.45. The number of quaternary nitrogens is 1. The van der Waals surface area contributed by atoms with Crippen LogP contribution in [0.4, 0.5) is 0 Å². The number of nitrogens with one attached hydrogen (secondary N) is 1. The van der Waals surface area contributed by atoms with E-state index < -0.39 is 20.0 Å². The van der Waals surface area contributed by atoms with Gasteiger partial charge in [-0.2, -0.15) is 0 Å². The van der Waals surface area contributed by atoms with Gasteiger partial charge in [0.05, 0.1) is 39.9 Å². The molecular formula is C54H109N2O6P. The van der Waals surface area contributed by atoms with E-state index in [4.69, 9.17) is 9.05 Å². The van der Waals surface area contributed by atoms with E-state index in [1.807, 2.05) is 27.2 Å². The Kier molecular flexibility index (Phi) is 45.8. The van der Waals surface area contributed by atoms with Gasteiger partial charge in [-0.05, 0) is 19.3 Å². The second kappa shape index (κ2) is 46.4. The van der Waals surface area contributed by atoms with Crippen LogP contribution in [0.15, 0.2) is 12.2 Å². The number of rotatable bonds is 51. The molecule has 0 saturated heterocycles. The predicted octanol–water partition coefficient (Wildman–Crippen LogP) is 15.6. The van der Waals surface area contributed by atoms with Crippen LogP contribution in [0.3, 0.4) is 0 Å². The van der Waals surface area contributed by atoms with Gasteiger partial charge in [0, 0.05) is 6.42 Å². The summed E-state index contributed by atoms with van der Waals surface area (Å²) in [5.41, 5.74) is 0. The molecule has 0 spiro atoms. The second-order valence-corrected chi connectivity index (χ2v) is 21.7. The van der Waals surface area contributed by atoms with E-state index in [2.05, 4.69) is 19.2 Å². The minimum atomic E-state index is -4.59. The third-order valence-corrected chi connectivity index (χ3v) is 13.7. The first-order valence-corrected chi connectivity index (χ1v) is 29.0. The molecule has 0 heterocycles. The first kappa shape index (κ1) is 62.2. The summed E-state index contributed by atoms with van der Waals surface area (Å²) in [6.45, 7) is 4.70. The number of amides is 1. The molecule has 0 aromatic carbocycles. The molecule has 0 aliphatic carbocycles. The quantitative estimate of drug-likeness (QED) is 0.0272. The number of carbonyl (C=O) groups excluding carboxylic acids is 1. The smallest absolute Gasteiger partial charge is 0.268 e. The van der Waals surface area contributed by atoms with E-state index in [1.54, 1.807) is 6.08 Å². The molecule has 0 rings (SSSR count). The van der Waals surface area contributed by atoms with Gasteiger partial charge in [-0.25, -0.2) is 0 Å². The van der Waals surface area contributed by atoms with Crippen LogP contribution in [0.2, 0.25) is 0 Å². The van der Waals surface area contributed by atoms with Crippen molar-refractivity contribution in [2.45, 2.75) is 289 Å². The van der Waals surface area contributed by atoms with Crippen molar-refractivity contribution >= 4 is 13.7 Å². The minimum absolute atomic E-state index is 0.00262. The molecule has 0 aliphatic heterocycles. The molecule has 1 amide bonds. The van der Waals surface area contributed by atoms with Gasteiger partial charge < -0.3 is 28.8 Å². The number of unbranched alkanes of at least 4 members (excludes halogenated alkanes) is 38. The molecule has 3 atom stereocenters. The minimum Gasteiger partial charge on any atom is -0.756 e. The number of phosphoric acid groups is 1. The fourth-order valence-corrected chi connectivity index (χ4v) is 9.11. The lowest BCUT2D eigenvalue weighted by molar-refractivity contribution is -0.870. The van der Waals surface area contributed by atoms with Gasteiger partial charge in [0.25, 0.3) is 7.82 Å². The summed E-state index contributed by atoms with van der Waals surface area (Å²) in [7, 11) is 1.28. The number of phosphoric ester groups is 1. The fourth-order valence-electron chi connectivity index (χ4n) is 8.39. The van der Waals surface area contributed by atoms with Crippen molar-refractivity contribution < 1.29 is 32.9 Å². The van der Waals surface area contributed by atoms with Crippen LogP contribution >= 0.6 is 7.82 Å². The van der Waals surface area contributed by atoms with Crippen LogP contribution < -0.4 is 10.2 Å². The normalized spacial score (nSPS) is 14.1. The lowest BCUT2D eigenvalue weighted by Gasteiger charge is -2.29. The van der Waals surface area contributed by atoms with Crippen molar-refractivity contribution in [2.75, 3.05) is 40.9 Å². The summed E-state index contributed by atoms with van der Waals surface area (Å²) >= 11 is 0. The van der Waals surface area contributed by atoms with E-state index in [9.17, 15) is 19.4 Å². The largest absolute Gasteiger partial charge is 0.756 e. The summed E-state index contributed by atoms with van der Waals surface area (Å²) in [6, 6.07) is -0.881. The van der Waals surface area contributed by atoms with Crippen molar-refractivity contribution in [3.05, 3.63) is 12.2 Å². The van der Waals surface area contributed by atoms with Crippen LogP contribution in [-0.2, 0) is 18.4 Å². The molecule has 9 heteroatoms. The van der Waals surface area contributed by atoms with Gasteiger partial charge in [0.1, 0.15) is 13.2 Å². The maximum Gasteiger partial charge on any atom is 0.268 e. The average Bonchev–Trinajstić information content (AvgIpc) is 3.24. The number of aliphatic hydroxyl groups excluding tert-OH is 1. The number of hydrogen-bond donors (Lipinski definition) is 2. The molecule has 63 heavy (non-hydrogen) atoms. The lowest BCUT2D eigenvalue weighted by atomic mass is 10.0. The number of aliphatic hydroxyl groups is 1. The second-order valence-electron chi connectivity index (χ2n) is 20.3. The van der Waals surface area contributed by atoms with Gasteiger partial charge in [-0.1, -0.05) is 264 Å². The molecule has 3 unspecified atom stereocenters. The Morgan fingerprint density at radius 2 is 0.857 bits per heavy atom. The van der Waals surface area contributed by atoms with Gasteiger partial charge in [-0.15, -0.1) is 0 Å². The van der Waals surface area contributed by atoms with E-state index in [0.717, 1.165) is 38.5 Å². The summed E-state index contributed by atoms with van der Waals surface area (Å²) in [5.74, 6) is -0.191. The highest BCUT2D eigenvalue weighted by atomic mass is 31.2. The molecule has 0 aromatic rings. The molecular weight excluding hydrogens is 804 g/mol. The number of hydrogen-bond acceptors (Lipinski definition) is 6. The maximum atomic E-state index is 12.9.